The number of halogens is 4. The molecular formula is C14H10BrClF2. The van der Waals surface area contributed by atoms with Gasteiger partial charge < -0.3 is 0 Å². The summed E-state index contributed by atoms with van der Waals surface area (Å²) in [6.45, 7) is 0. The molecule has 0 aliphatic carbocycles. The number of benzene rings is 2. The zero-order chi connectivity index (χ0) is 13.1. The summed E-state index contributed by atoms with van der Waals surface area (Å²) in [6, 6.07) is 10.9. The maximum atomic E-state index is 13.5. The molecule has 0 bridgehead atoms. The van der Waals surface area contributed by atoms with Gasteiger partial charge >= 0.3 is 0 Å². The molecule has 0 aliphatic rings. The molecule has 0 nitrogen and oxygen atoms in total. The Kier molecular flexibility index (Phi) is 4.36. The molecule has 0 saturated carbocycles. The summed E-state index contributed by atoms with van der Waals surface area (Å²) in [6.07, 6.45) is 0.446. The van der Waals surface area contributed by atoms with Gasteiger partial charge in [-0.15, -0.1) is 11.6 Å². The van der Waals surface area contributed by atoms with Gasteiger partial charge in [0.25, 0.3) is 0 Å². The number of alkyl halides is 1. The second-order valence-electron chi connectivity index (χ2n) is 3.97. The molecule has 0 heterocycles. The molecule has 94 valence electrons. The molecule has 2 rings (SSSR count). The van der Waals surface area contributed by atoms with E-state index in [0.717, 1.165) is 28.2 Å². The van der Waals surface area contributed by atoms with E-state index in [1.165, 1.54) is 0 Å². The molecular weight excluding hydrogens is 322 g/mol. The Labute approximate surface area is 118 Å². The van der Waals surface area contributed by atoms with Crippen molar-refractivity contribution in [2.24, 2.45) is 0 Å². The van der Waals surface area contributed by atoms with E-state index in [9.17, 15) is 8.78 Å². The fourth-order valence-electron chi connectivity index (χ4n) is 1.74. The zero-order valence-electron chi connectivity index (χ0n) is 9.34. The van der Waals surface area contributed by atoms with Crippen molar-refractivity contribution >= 4 is 27.5 Å². The van der Waals surface area contributed by atoms with Gasteiger partial charge in [-0.3, -0.25) is 0 Å². The van der Waals surface area contributed by atoms with E-state index in [0.29, 0.717) is 6.42 Å². The quantitative estimate of drug-likeness (QED) is 0.674. The molecule has 0 aliphatic heterocycles. The molecule has 0 aromatic heterocycles. The third-order valence-corrected chi connectivity index (χ3v) is 3.48. The van der Waals surface area contributed by atoms with E-state index in [-0.39, 0.29) is 5.56 Å². The Morgan fingerprint density at radius 3 is 2.61 bits per heavy atom. The van der Waals surface area contributed by atoms with Gasteiger partial charge in [0.2, 0.25) is 0 Å². The number of hydrogen-bond donors (Lipinski definition) is 0. The molecule has 0 N–H and O–H groups in total. The largest absolute Gasteiger partial charge is 0.207 e. The van der Waals surface area contributed by atoms with Gasteiger partial charge in [0.15, 0.2) is 0 Å². The smallest absolute Gasteiger partial charge is 0.128 e. The summed E-state index contributed by atoms with van der Waals surface area (Å²) >= 11 is 9.51. The van der Waals surface area contributed by atoms with Crippen LogP contribution in [0.2, 0.25) is 0 Å². The van der Waals surface area contributed by atoms with Crippen LogP contribution in [0.15, 0.2) is 46.9 Å². The van der Waals surface area contributed by atoms with Gasteiger partial charge in [0.1, 0.15) is 11.6 Å². The maximum absolute atomic E-state index is 13.5. The van der Waals surface area contributed by atoms with Crippen LogP contribution in [0.3, 0.4) is 0 Å². The van der Waals surface area contributed by atoms with E-state index in [4.69, 9.17) is 11.6 Å². The van der Waals surface area contributed by atoms with Crippen molar-refractivity contribution in [1.29, 1.82) is 0 Å². The topological polar surface area (TPSA) is 0 Å². The van der Waals surface area contributed by atoms with Gasteiger partial charge in [0, 0.05) is 10.0 Å². The number of rotatable bonds is 3. The van der Waals surface area contributed by atoms with Crippen molar-refractivity contribution in [1.82, 2.24) is 0 Å². The van der Waals surface area contributed by atoms with E-state index >= 15 is 0 Å². The average Bonchev–Trinajstić information content (AvgIpc) is 2.32. The molecule has 0 saturated heterocycles. The molecule has 4 heteroatoms. The van der Waals surface area contributed by atoms with Crippen LogP contribution in [0.1, 0.15) is 16.5 Å². The molecule has 0 spiro atoms. The van der Waals surface area contributed by atoms with Crippen molar-refractivity contribution < 1.29 is 8.78 Å². The standard InChI is InChI=1S/C14H10BrClF2/c15-10-3-1-2-9(6-10)7-13(16)12-8-11(17)4-5-14(12)18/h1-6,8,13H,7H2. The number of hydrogen-bond acceptors (Lipinski definition) is 0. The van der Waals surface area contributed by atoms with E-state index in [1.807, 2.05) is 24.3 Å². The molecule has 1 atom stereocenters. The van der Waals surface area contributed by atoms with Crippen LogP contribution in [0, 0.1) is 11.6 Å². The van der Waals surface area contributed by atoms with E-state index in [2.05, 4.69) is 15.9 Å². The normalized spacial score (nSPS) is 12.4. The molecule has 0 fully saturated rings. The van der Waals surface area contributed by atoms with Crippen molar-refractivity contribution in [3.05, 3.63) is 69.7 Å². The molecule has 0 radical (unpaired) electrons. The molecule has 1 unspecified atom stereocenters. The van der Waals surface area contributed by atoms with E-state index < -0.39 is 17.0 Å². The monoisotopic (exact) mass is 330 g/mol. The fourth-order valence-corrected chi connectivity index (χ4v) is 2.53. The van der Waals surface area contributed by atoms with Crippen LogP contribution in [-0.4, -0.2) is 0 Å². The van der Waals surface area contributed by atoms with Gasteiger partial charge in [-0.1, -0.05) is 28.1 Å². The van der Waals surface area contributed by atoms with Gasteiger partial charge in [-0.25, -0.2) is 8.78 Å². The molecule has 2 aromatic rings. The Morgan fingerprint density at radius 2 is 1.89 bits per heavy atom. The summed E-state index contributed by atoms with van der Waals surface area (Å²) < 4.78 is 27.6. The third kappa shape index (κ3) is 3.30. The van der Waals surface area contributed by atoms with Crippen molar-refractivity contribution in [2.75, 3.05) is 0 Å². The van der Waals surface area contributed by atoms with Gasteiger partial charge in [0.05, 0.1) is 5.38 Å². The highest BCUT2D eigenvalue weighted by Gasteiger charge is 2.14. The predicted molar refractivity (Wildman–Crippen MR) is 72.8 cm³/mol. The summed E-state index contributed by atoms with van der Waals surface area (Å²) in [7, 11) is 0. The first kappa shape index (κ1) is 13.5. The lowest BCUT2D eigenvalue weighted by atomic mass is 10.0. The lowest BCUT2D eigenvalue weighted by molar-refractivity contribution is 0.582. The maximum Gasteiger partial charge on any atom is 0.128 e. The minimum atomic E-state index is -0.588. The van der Waals surface area contributed by atoms with Crippen LogP contribution in [0.25, 0.3) is 0 Å². The van der Waals surface area contributed by atoms with Crippen molar-refractivity contribution in [3.8, 4) is 0 Å². The summed E-state index contributed by atoms with van der Waals surface area (Å²) in [5.41, 5.74) is 1.16. The second-order valence-corrected chi connectivity index (χ2v) is 5.41. The van der Waals surface area contributed by atoms with Crippen molar-refractivity contribution in [2.45, 2.75) is 11.8 Å². The zero-order valence-corrected chi connectivity index (χ0v) is 11.7. The third-order valence-electron chi connectivity index (χ3n) is 2.60. The highest BCUT2D eigenvalue weighted by atomic mass is 79.9. The van der Waals surface area contributed by atoms with Crippen LogP contribution < -0.4 is 0 Å². The minimum absolute atomic E-state index is 0.191. The lowest BCUT2D eigenvalue weighted by Gasteiger charge is -2.11. The highest BCUT2D eigenvalue weighted by molar-refractivity contribution is 9.10. The first-order valence-corrected chi connectivity index (χ1v) is 6.62. The Balaban J connectivity index is 2.21. The SMILES string of the molecule is Fc1ccc(F)c(C(Cl)Cc2cccc(Br)c2)c1. The molecule has 0 amide bonds. The molecule has 2 aromatic carbocycles. The second kappa shape index (κ2) is 5.81. The lowest BCUT2D eigenvalue weighted by Crippen LogP contribution is -2.00. The van der Waals surface area contributed by atoms with Gasteiger partial charge in [-0.2, -0.15) is 0 Å². The average molecular weight is 332 g/mol. The highest BCUT2D eigenvalue weighted by Crippen LogP contribution is 2.28. The van der Waals surface area contributed by atoms with Crippen LogP contribution >= 0.6 is 27.5 Å². The first-order valence-electron chi connectivity index (χ1n) is 5.40. The summed E-state index contributed by atoms with van der Waals surface area (Å²) in [4.78, 5) is 0. The van der Waals surface area contributed by atoms with Gasteiger partial charge in [-0.05, 0) is 42.3 Å². The van der Waals surface area contributed by atoms with Crippen LogP contribution in [0.4, 0.5) is 8.78 Å². The summed E-state index contributed by atoms with van der Waals surface area (Å²) in [5, 5.41) is -0.588. The van der Waals surface area contributed by atoms with Crippen LogP contribution in [-0.2, 0) is 6.42 Å². The predicted octanol–water partition coefficient (Wildman–Crippen LogP) is 5.25. The summed E-state index contributed by atoms with van der Waals surface area (Å²) in [5.74, 6) is -0.960. The minimum Gasteiger partial charge on any atom is -0.207 e. The van der Waals surface area contributed by atoms with Crippen LogP contribution in [0.5, 0.6) is 0 Å². The fraction of sp³-hybridized carbons (Fsp3) is 0.143. The van der Waals surface area contributed by atoms with Crippen molar-refractivity contribution in [3.63, 3.8) is 0 Å². The Hall–Kier alpha value is -0.930. The Morgan fingerprint density at radius 1 is 1.11 bits per heavy atom. The first-order chi connectivity index (χ1) is 8.56. The van der Waals surface area contributed by atoms with E-state index in [1.54, 1.807) is 0 Å². The Bertz CT molecular complexity index is 557. The molecule has 18 heavy (non-hydrogen) atoms.